The van der Waals surface area contributed by atoms with E-state index in [1.54, 1.807) is 0 Å². The van der Waals surface area contributed by atoms with E-state index in [4.69, 9.17) is 5.14 Å². The van der Waals surface area contributed by atoms with Gasteiger partial charge in [0, 0.05) is 0 Å². The van der Waals surface area contributed by atoms with Crippen molar-refractivity contribution in [3.8, 4) is 0 Å². The van der Waals surface area contributed by atoms with Crippen molar-refractivity contribution >= 4 is 10.0 Å². The lowest BCUT2D eigenvalue weighted by Crippen LogP contribution is -2.40. The minimum atomic E-state index is -3.21. The maximum Gasteiger partial charge on any atom is 0.211 e. The highest BCUT2D eigenvalue weighted by Gasteiger charge is 2.39. The Balaban J connectivity index is 1.75. The fourth-order valence-electron chi connectivity index (χ4n) is 1.96. The molecule has 3 nitrogen and oxygen atoms in total. The van der Waals surface area contributed by atoms with Crippen LogP contribution in [-0.2, 0) is 10.0 Å². The van der Waals surface area contributed by atoms with E-state index in [0.717, 1.165) is 18.8 Å². The number of hydrogen-bond donors (Lipinski definition) is 1. The highest BCUT2D eigenvalue weighted by molar-refractivity contribution is 7.89. The molecule has 0 radical (unpaired) electrons. The summed E-state index contributed by atoms with van der Waals surface area (Å²) in [7, 11) is -3.21. The second-order valence-electron chi connectivity index (χ2n) is 4.23. The molecule has 0 aromatic heterocycles. The molecule has 0 amide bonds. The highest BCUT2D eigenvalue weighted by atomic mass is 32.2. The lowest BCUT2D eigenvalue weighted by atomic mass is 9.81. The van der Waals surface area contributed by atoms with E-state index < -0.39 is 10.0 Å². The fraction of sp³-hybridized carbons (Fsp3) is 1.00. The van der Waals surface area contributed by atoms with Gasteiger partial charge in [-0.1, -0.05) is 12.8 Å². The van der Waals surface area contributed by atoms with Crippen LogP contribution in [0.1, 0.15) is 32.1 Å². The standard InChI is InChI=1S/C8H15NO2S/c9-12(10,11)8-4-7(5-8)3-6-1-2-6/h6-8H,1-5H2,(H2,9,10,11). The zero-order chi connectivity index (χ0) is 8.77. The first-order valence-electron chi connectivity index (χ1n) is 4.57. The maximum absolute atomic E-state index is 10.8. The van der Waals surface area contributed by atoms with Crippen LogP contribution < -0.4 is 5.14 Å². The molecular weight excluding hydrogens is 174 g/mol. The molecule has 2 fully saturated rings. The van der Waals surface area contributed by atoms with Crippen molar-refractivity contribution in [3.05, 3.63) is 0 Å². The molecule has 0 heterocycles. The van der Waals surface area contributed by atoms with Gasteiger partial charge in [-0.05, 0) is 31.1 Å². The summed E-state index contributed by atoms with van der Waals surface area (Å²) in [5.41, 5.74) is 0. The predicted octanol–water partition coefficient (Wildman–Crippen LogP) is 0.854. The Bertz CT molecular complexity index is 263. The molecule has 70 valence electrons. The number of primary sulfonamides is 1. The van der Waals surface area contributed by atoms with Crippen LogP contribution in [0.2, 0.25) is 0 Å². The summed E-state index contributed by atoms with van der Waals surface area (Å²) in [5.74, 6) is 1.57. The first kappa shape index (κ1) is 8.51. The molecule has 0 atom stereocenters. The van der Waals surface area contributed by atoms with E-state index in [9.17, 15) is 8.42 Å². The minimum Gasteiger partial charge on any atom is -0.228 e. The van der Waals surface area contributed by atoms with Gasteiger partial charge in [-0.15, -0.1) is 0 Å². The van der Waals surface area contributed by atoms with Crippen LogP contribution >= 0.6 is 0 Å². The Morgan fingerprint density at radius 2 is 1.75 bits per heavy atom. The van der Waals surface area contributed by atoms with Gasteiger partial charge in [-0.3, -0.25) is 0 Å². The van der Waals surface area contributed by atoms with Gasteiger partial charge in [-0.2, -0.15) is 0 Å². The van der Waals surface area contributed by atoms with Crippen LogP contribution in [-0.4, -0.2) is 13.7 Å². The third-order valence-electron chi connectivity index (χ3n) is 3.02. The summed E-state index contributed by atoms with van der Waals surface area (Å²) in [5, 5.41) is 4.80. The Kier molecular flexibility index (Phi) is 1.92. The summed E-state index contributed by atoms with van der Waals surface area (Å²) in [6.07, 6.45) is 5.59. The van der Waals surface area contributed by atoms with E-state index in [1.807, 2.05) is 0 Å². The average Bonchev–Trinajstić information content (AvgIpc) is 2.56. The van der Waals surface area contributed by atoms with Gasteiger partial charge < -0.3 is 0 Å². The molecule has 0 unspecified atom stereocenters. The van der Waals surface area contributed by atoms with E-state index in [0.29, 0.717) is 5.92 Å². The first-order valence-corrected chi connectivity index (χ1v) is 6.18. The second kappa shape index (κ2) is 2.70. The molecule has 12 heavy (non-hydrogen) atoms. The van der Waals surface area contributed by atoms with E-state index in [1.165, 1.54) is 19.3 Å². The largest absolute Gasteiger partial charge is 0.228 e. The van der Waals surface area contributed by atoms with Gasteiger partial charge in [0.1, 0.15) is 0 Å². The van der Waals surface area contributed by atoms with Gasteiger partial charge in [0.2, 0.25) is 10.0 Å². The zero-order valence-corrected chi connectivity index (χ0v) is 7.89. The van der Waals surface area contributed by atoms with Gasteiger partial charge >= 0.3 is 0 Å². The zero-order valence-electron chi connectivity index (χ0n) is 7.07. The lowest BCUT2D eigenvalue weighted by Gasteiger charge is -2.33. The molecule has 0 bridgehead atoms. The Labute approximate surface area is 73.4 Å². The Morgan fingerprint density at radius 1 is 1.17 bits per heavy atom. The number of hydrogen-bond acceptors (Lipinski definition) is 2. The van der Waals surface area contributed by atoms with E-state index in [2.05, 4.69) is 0 Å². The third-order valence-corrected chi connectivity index (χ3v) is 4.33. The molecule has 0 aliphatic heterocycles. The third kappa shape index (κ3) is 1.80. The van der Waals surface area contributed by atoms with Crippen molar-refractivity contribution < 1.29 is 8.42 Å². The quantitative estimate of drug-likeness (QED) is 0.715. The molecule has 0 spiro atoms. The maximum atomic E-state index is 10.8. The molecule has 0 aromatic carbocycles. The van der Waals surface area contributed by atoms with E-state index in [-0.39, 0.29) is 5.25 Å². The minimum absolute atomic E-state index is 0.221. The van der Waals surface area contributed by atoms with Gasteiger partial charge in [0.25, 0.3) is 0 Å². The molecule has 2 aliphatic rings. The smallest absolute Gasteiger partial charge is 0.211 e. The number of rotatable bonds is 3. The van der Waals surface area contributed by atoms with Gasteiger partial charge in [-0.25, -0.2) is 13.6 Å². The molecular formula is C8H15NO2S. The predicted molar refractivity (Wildman–Crippen MR) is 47.0 cm³/mol. The Hall–Kier alpha value is -0.0900. The number of nitrogens with two attached hydrogens (primary N) is 1. The topological polar surface area (TPSA) is 60.2 Å². The van der Waals surface area contributed by atoms with Crippen molar-refractivity contribution in [3.63, 3.8) is 0 Å². The molecule has 0 saturated heterocycles. The van der Waals surface area contributed by atoms with Crippen LogP contribution in [0.15, 0.2) is 0 Å². The summed E-state index contributed by atoms with van der Waals surface area (Å²) < 4.78 is 21.7. The summed E-state index contributed by atoms with van der Waals surface area (Å²) in [4.78, 5) is 0. The van der Waals surface area contributed by atoms with Crippen molar-refractivity contribution in [2.45, 2.75) is 37.4 Å². The van der Waals surface area contributed by atoms with Crippen molar-refractivity contribution in [1.82, 2.24) is 0 Å². The van der Waals surface area contributed by atoms with Crippen molar-refractivity contribution in [1.29, 1.82) is 0 Å². The Morgan fingerprint density at radius 3 is 2.17 bits per heavy atom. The SMILES string of the molecule is NS(=O)(=O)C1CC(CC2CC2)C1. The lowest BCUT2D eigenvalue weighted by molar-refractivity contribution is 0.284. The second-order valence-corrected chi connectivity index (χ2v) is 6.07. The van der Waals surface area contributed by atoms with Crippen LogP contribution in [0.5, 0.6) is 0 Å². The molecule has 4 heteroatoms. The number of sulfonamides is 1. The normalized spacial score (nSPS) is 36.1. The average molecular weight is 189 g/mol. The van der Waals surface area contributed by atoms with Crippen molar-refractivity contribution in [2.75, 3.05) is 0 Å². The molecule has 2 aliphatic carbocycles. The summed E-state index contributed by atoms with van der Waals surface area (Å²) in [6.45, 7) is 0. The van der Waals surface area contributed by atoms with Crippen LogP contribution in [0, 0.1) is 11.8 Å². The van der Waals surface area contributed by atoms with Gasteiger partial charge in [0.15, 0.2) is 0 Å². The van der Waals surface area contributed by atoms with Crippen LogP contribution in [0.25, 0.3) is 0 Å². The summed E-state index contributed by atoms with van der Waals surface area (Å²) >= 11 is 0. The molecule has 0 aromatic rings. The first-order chi connectivity index (χ1) is 5.55. The summed E-state index contributed by atoms with van der Waals surface area (Å²) in [6, 6.07) is 0. The van der Waals surface area contributed by atoms with Gasteiger partial charge in [0.05, 0.1) is 5.25 Å². The van der Waals surface area contributed by atoms with E-state index >= 15 is 0 Å². The molecule has 2 N–H and O–H groups in total. The monoisotopic (exact) mass is 189 g/mol. The molecule has 2 rings (SSSR count). The highest BCUT2D eigenvalue weighted by Crippen LogP contribution is 2.43. The van der Waals surface area contributed by atoms with Crippen LogP contribution in [0.3, 0.4) is 0 Å². The molecule has 2 saturated carbocycles. The van der Waals surface area contributed by atoms with Crippen molar-refractivity contribution in [2.24, 2.45) is 17.0 Å². The van der Waals surface area contributed by atoms with Crippen LogP contribution in [0.4, 0.5) is 0 Å². The fourth-order valence-corrected chi connectivity index (χ4v) is 3.04.